The van der Waals surface area contributed by atoms with Crippen LogP contribution in [0.5, 0.6) is 0 Å². The number of aromatic nitrogens is 2. The standard InChI is InChI=1S/C17H27N5O3/c1-20(2)9-6-18-16(23)14-11-13-12-21(7-4-8-22(13)19-14)17(24)15-5-3-10-25-15/h11,15H,3-10,12H2,1-2H3,(H,18,23)/t15-/m1/s1. The Morgan fingerprint density at radius 1 is 1.36 bits per heavy atom. The number of aryl methyl sites for hydroxylation is 1. The number of ether oxygens (including phenoxy) is 1. The number of rotatable bonds is 5. The predicted molar refractivity (Wildman–Crippen MR) is 92.1 cm³/mol. The summed E-state index contributed by atoms with van der Waals surface area (Å²) in [5, 5.41) is 7.30. The number of nitrogens with zero attached hydrogens (tertiary/aromatic N) is 4. The van der Waals surface area contributed by atoms with Crippen LogP contribution in [0.1, 0.15) is 35.4 Å². The van der Waals surface area contributed by atoms with E-state index in [1.165, 1.54) is 0 Å². The summed E-state index contributed by atoms with van der Waals surface area (Å²) in [5.74, 6) is -0.108. The van der Waals surface area contributed by atoms with Gasteiger partial charge in [0.25, 0.3) is 11.8 Å². The fourth-order valence-electron chi connectivity index (χ4n) is 3.22. The van der Waals surface area contributed by atoms with E-state index in [-0.39, 0.29) is 17.9 Å². The molecule has 2 aliphatic heterocycles. The largest absolute Gasteiger partial charge is 0.368 e. The molecule has 1 aromatic rings. The molecule has 1 aromatic heterocycles. The van der Waals surface area contributed by atoms with Crippen molar-refractivity contribution in [3.63, 3.8) is 0 Å². The lowest BCUT2D eigenvalue weighted by atomic mass is 10.2. The number of carbonyl (C=O) groups is 2. The van der Waals surface area contributed by atoms with Gasteiger partial charge in [-0.25, -0.2) is 0 Å². The highest BCUT2D eigenvalue weighted by Gasteiger charge is 2.30. The second kappa shape index (κ2) is 7.97. The maximum absolute atomic E-state index is 12.6. The lowest BCUT2D eigenvalue weighted by Gasteiger charge is -2.23. The normalized spacial score (nSPS) is 20.4. The molecule has 0 aliphatic carbocycles. The maximum Gasteiger partial charge on any atom is 0.271 e. The molecule has 1 saturated heterocycles. The fraction of sp³-hybridized carbons (Fsp3) is 0.706. The molecule has 138 valence electrons. The number of hydrogen-bond acceptors (Lipinski definition) is 5. The summed E-state index contributed by atoms with van der Waals surface area (Å²) in [6.07, 6.45) is 2.27. The monoisotopic (exact) mass is 349 g/mol. The van der Waals surface area contributed by atoms with Gasteiger partial charge in [0.05, 0.1) is 12.2 Å². The first kappa shape index (κ1) is 17.9. The third-order valence-electron chi connectivity index (χ3n) is 4.61. The first-order valence-electron chi connectivity index (χ1n) is 8.94. The molecule has 8 nitrogen and oxygen atoms in total. The van der Waals surface area contributed by atoms with Crippen molar-refractivity contribution in [1.82, 2.24) is 24.9 Å². The summed E-state index contributed by atoms with van der Waals surface area (Å²) >= 11 is 0. The van der Waals surface area contributed by atoms with Crippen LogP contribution in [0.3, 0.4) is 0 Å². The summed E-state index contributed by atoms with van der Waals surface area (Å²) in [6.45, 7) is 3.93. The molecular formula is C17H27N5O3. The van der Waals surface area contributed by atoms with Gasteiger partial charge in [-0.3, -0.25) is 14.3 Å². The molecule has 1 atom stereocenters. The summed E-state index contributed by atoms with van der Waals surface area (Å²) in [6, 6.07) is 1.80. The molecule has 2 amide bonds. The minimum absolute atomic E-state index is 0.0594. The lowest BCUT2D eigenvalue weighted by Crippen LogP contribution is -2.38. The third kappa shape index (κ3) is 4.38. The van der Waals surface area contributed by atoms with E-state index in [2.05, 4.69) is 10.4 Å². The molecular weight excluding hydrogens is 322 g/mol. The van der Waals surface area contributed by atoms with E-state index in [0.717, 1.165) is 38.0 Å². The van der Waals surface area contributed by atoms with Gasteiger partial charge in [0.2, 0.25) is 0 Å². The predicted octanol–water partition coefficient (Wildman–Crippen LogP) is 0.0858. The Bertz CT molecular complexity index is 622. The molecule has 2 aliphatic rings. The van der Waals surface area contributed by atoms with Gasteiger partial charge in [-0.15, -0.1) is 0 Å². The van der Waals surface area contributed by atoms with Gasteiger partial charge < -0.3 is 19.9 Å². The number of carbonyl (C=O) groups excluding carboxylic acids is 2. The molecule has 0 bridgehead atoms. The van der Waals surface area contributed by atoms with Crippen LogP contribution in [0.25, 0.3) is 0 Å². The zero-order valence-corrected chi connectivity index (χ0v) is 15.0. The van der Waals surface area contributed by atoms with Crippen molar-refractivity contribution in [2.24, 2.45) is 0 Å². The lowest BCUT2D eigenvalue weighted by molar-refractivity contribution is -0.141. The third-order valence-corrected chi connectivity index (χ3v) is 4.61. The molecule has 0 saturated carbocycles. The summed E-state index contributed by atoms with van der Waals surface area (Å²) in [7, 11) is 3.93. The van der Waals surface area contributed by atoms with Crippen molar-refractivity contribution in [3.05, 3.63) is 17.5 Å². The summed E-state index contributed by atoms with van der Waals surface area (Å²) in [5.41, 5.74) is 1.32. The Morgan fingerprint density at radius 3 is 2.92 bits per heavy atom. The van der Waals surface area contributed by atoms with Gasteiger partial charge in [-0.1, -0.05) is 0 Å². The summed E-state index contributed by atoms with van der Waals surface area (Å²) in [4.78, 5) is 28.7. The smallest absolute Gasteiger partial charge is 0.271 e. The second-order valence-corrected chi connectivity index (χ2v) is 6.92. The van der Waals surface area contributed by atoms with E-state index in [1.807, 2.05) is 28.6 Å². The number of amides is 2. The quantitative estimate of drug-likeness (QED) is 0.815. The molecule has 1 N–H and O–H groups in total. The Balaban J connectivity index is 1.64. The van der Waals surface area contributed by atoms with E-state index in [1.54, 1.807) is 6.07 Å². The Labute approximate surface area is 148 Å². The molecule has 3 heterocycles. The van der Waals surface area contributed by atoms with E-state index in [0.29, 0.717) is 31.9 Å². The molecule has 0 unspecified atom stereocenters. The average molecular weight is 349 g/mol. The van der Waals surface area contributed by atoms with Crippen molar-refractivity contribution >= 4 is 11.8 Å². The van der Waals surface area contributed by atoms with E-state index in [9.17, 15) is 9.59 Å². The highest BCUT2D eigenvalue weighted by molar-refractivity contribution is 5.92. The average Bonchev–Trinajstić information content (AvgIpc) is 3.20. The molecule has 3 rings (SSSR count). The van der Waals surface area contributed by atoms with Crippen molar-refractivity contribution in [2.75, 3.05) is 40.3 Å². The van der Waals surface area contributed by atoms with E-state index in [4.69, 9.17) is 4.74 Å². The van der Waals surface area contributed by atoms with E-state index >= 15 is 0 Å². The van der Waals surface area contributed by atoms with Crippen LogP contribution in [0.15, 0.2) is 6.07 Å². The van der Waals surface area contributed by atoms with Gasteiger partial charge in [-0.2, -0.15) is 5.10 Å². The van der Waals surface area contributed by atoms with Gasteiger partial charge >= 0.3 is 0 Å². The Hall–Kier alpha value is -1.93. The van der Waals surface area contributed by atoms with Crippen LogP contribution in [0.4, 0.5) is 0 Å². The second-order valence-electron chi connectivity index (χ2n) is 6.92. The molecule has 0 radical (unpaired) electrons. The van der Waals surface area contributed by atoms with E-state index < -0.39 is 0 Å². The minimum atomic E-state index is -0.303. The van der Waals surface area contributed by atoms with Crippen molar-refractivity contribution in [3.8, 4) is 0 Å². The number of likely N-dealkylation sites (N-methyl/N-ethyl adjacent to an activating group) is 1. The van der Waals surface area contributed by atoms with Crippen LogP contribution in [-0.2, 0) is 22.6 Å². The van der Waals surface area contributed by atoms with Crippen LogP contribution >= 0.6 is 0 Å². The van der Waals surface area contributed by atoms with Crippen molar-refractivity contribution in [2.45, 2.75) is 38.5 Å². The first-order chi connectivity index (χ1) is 12.0. The van der Waals surface area contributed by atoms with Crippen molar-refractivity contribution in [1.29, 1.82) is 0 Å². The first-order valence-corrected chi connectivity index (χ1v) is 8.94. The molecule has 25 heavy (non-hydrogen) atoms. The van der Waals surface area contributed by atoms with Gasteiger partial charge in [0, 0.05) is 32.8 Å². The molecule has 0 aromatic carbocycles. The summed E-state index contributed by atoms with van der Waals surface area (Å²) < 4.78 is 7.37. The number of fused-ring (bicyclic) bond motifs is 1. The van der Waals surface area contributed by atoms with Crippen LogP contribution in [-0.4, -0.2) is 77.8 Å². The van der Waals surface area contributed by atoms with Crippen LogP contribution in [0.2, 0.25) is 0 Å². The zero-order chi connectivity index (χ0) is 17.8. The van der Waals surface area contributed by atoms with Crippen LogP contribution < -0.4 is 5.32 Å². The number of hydrogen-bond donors (Lipinski definition) is 1. The SMILES string of the molecule is CN(C)CCNC(=O)c1cc2n(n1)CCCN(C(=O)[C@H]1CCCO1)C2. The van der Waals surface area contributed by atoms with Gasteiger partial charge in [0.1, 0.15) is 6.10 Å². The minimum Gasteiger partial charge on any atom is -0.368 e. The topological polar surface area (TPSA) is 79.7 Å². The fourth-order valence-corrected chi connectivity index (χ4v) is 3.22. The maximum atomic E-state index is 12.6. The molecule has 0 spiro atoms. The van der Waals surface area contributed by atoms with Crippen molar-refractivity contribution < 1.29 is 14.3 Å². The molecule has 1 fully saturated rings. The Morgan fingerprint density at radius 2 is 2.20 bits per heavy atom. The highest BCUT2D eigenvalue weighted by Crippen LogP contribution is 2.19. The van der Waals surface area contributed by atoms with Gasteiger partial charge in [0.15, 0.2) is 5.69 Å². The highest BCUT2D eigenvalue weighted by atomic mass is 16.5. The number of nitrogens with one attached hydrogen (secondary N) is 1. The van der Waals surface area contributed by atoms with Crippen LogP contribution in [0, 0.1) is 0 Å². The molecule has 8 heteroatoms. The Kier molecular flexibility index (Phi) is 5.70. The zero-order valence-electron chi connectivity index (χ0n) is 15.0. The van der Waals surface area contributed by atoms with Gasteiger partial charge in [-0.05, 0) is 39.4 Å².